The van der Waals surface area contributed by atoms with E-state index in [0.29, 0.717) is 12.2 Å². The molecule has 2 aromatic rings. The predicted octanol–water partition coefficient (Wildman–Crippen LogP) is 3.23. The van der Waals surface area contributed by atoms with E-state index in [0.717, 1.165) is 50.6 Å². The van der Waals surface area contributed by atoms with E-state index >= 15 is 0 Å². The number of hydrogen-bond acceptors (Lipinski definition) is 5. The highest BCUT2D eigenvalue weighted by molar-refractivity contribution is 7.09. The van der Waals surface area contributed by atoms with E-state index < -0.39 is 0 Å². The lowest BCUT2D eigenvalue weighted by atomic mass is 10.1. The number of thiazole rings is 1. The fraction of sp³-hybridized carbons (Fsp3) is 0.400. The molecule has 0 radical (unpaired) electrons. The van der Waals surface area contributed by atoms with Gasteiger partial charge in [-0.25, -0.2) is 4.98 Å². The summed E-state index contributed by atoms with van der Waals surface area (Å²) in [6, 6.07) is 7.32. The Kier molecular flexibility index (Phi) is 6.41. The molecule has 26 heavy (non-hydrogen) atoms. The molecule has 1 aliphatic heterocycles. The molecule has 0 unspecified atom stereocenters. The number of carbonyl (C=O) groups is 1. The molecule has 1 aromatic heterocycles. The van der Waals surface area contributed by atoms with Crippen LogP contribution >= 0.6 is 11.3 Å². The highest BCUT2D eigenvalue weighted by Gasteiger charge is 2.22. The number of ether oxygens (including phenoxy) is 1. The maximum Gasteiger partial charge on any atom is 0.253 e. The summed E-state index contributed by atoms with van der Waals surface area (Å²) in [5.41, 5.74) is 1.85. The van der Waals surface area contributed by atoms with Crippen molar-refractivity contribution in [1.82, 2.24) is 14.8 Å². The average molecular weight is 372 g/mol. The highest BCUT2D eigenvalue weighted by atomic mass is 32.1. The van der Waals surface area contributed by atoms with E-state index in [1.807, 2.05) is 29.2 Å². The van der Waals surface area contributed by atoms with Crippen molar-refractivity contribution in [3.8, 4) is 5.75 Å². The number of aromatic nitrogens is 1. The number of rotatable bonds is 7. The van der Waals surface area contributed by atoms with Crippen molar-refractivity contribution in [1.29, 1.82) is 0 Å². The minimum Gasteiger partial charge on any atom is -0.490 e. The van der Waals surface area contributed by atoms with Crippen molar-refractivity contribution < 1.29 is 9.53 Å². The molecular weight excluding hydrogens is 346 g/mol. The second kappa shape index (κ2) is 8.96. The molecule has 0 aliphatic carbocycles. The topological polar surface area (TPSA) is 45.7 Å². The minimum absolute atomic E-state index is 0.0850. The Hall–Kier alpha value is -2.18. The normalized spacial score (nSPS) is 15.0. The molecule has 6 heteroatoms. The van der Waals surface area contributed by atoms with E-state index in [9.17, 15) is 4.79 Å². The van der Waals surface area contributed by atoms with Crippen LogP contribution in [0.3, 0.4) is 0 Å². The molecule has 1 aromatic carbocycles. The molecule has 0 spiro atoms. The van der Waals surface area contributed by atoms with E-state index in [-0.39, 0.29) is 5.91 Å². The van der Waals surface area contributed by atoms with E-state index in [4.69, 9.17) is 4.74 Å². The maximum atomic E-state index is 12.7. The standard InChI is InChI=1S/C20H25N3O2S/c1-3-13-25-18-7-5-16(6-8-18)20(24)23-11-9-22(10-12-23)14-17-15-26-19(4-2)21-17/h3,5-8,15H,1,4,9-14H2,2H3. The second-order valence-electron chi connectivity index (χ2n) is 6.28. The number of amides is 1. The summed E-state index contributed by atoms with van der Waals surface area (Å²) < 4.78 is 5.46. The third-order valence-electron chi connectivity index (χ3n) is 4.42. The lowest BCUT2D eigenvalue weighted by molar-refractivity contribution is 0.0627. The number of carbonyl (C=O) groups excluding carboxylic acids is 1. The monoisotopic (exact) mass is 371 g/mol. The van der Waals surface area contributed by atoms with E-state index in [1.54, 1.807) is 17.4 Å². The van der Waals surface area contributed by atoms with Gasteiger partial charge in [0.2, 0.25) is 0 Å². The molecule has 0 saturated carbocycles. The molecule has 0 atom stereocenters. The quantitative estimate of drug-likeness (QED) is 0.701. The van der Waals surface area contributed by atoms with Crippen LogP contribution in [0.4, 0.5) is 0 Å². The number of nitrogens with zero attached hydrogens (tertiary/aromatic N) is 3. The number of benzene rings is 1. The van der Waals surface area contributed by atoms with Gasteiger partial charge in [0.15, 0.2) is 0 Å². The van der Waals surface area contributed by atoms with Gasteiger partial charge in [-0.1, -0.05) is 19.6 Å². The second-order valence-corrected chi connectivity index (χ2v) is 7.22. The Morgan fingerprint density at radius 1 is 1.27 bits per heavy atom. The van der Waals surface area contributed by atoms with Crippen LogP contribution in [0, 0.1) is 0 Å². The van der Waals surface area contributed by atoms with Crippen molar-refractivity contribution in [2.45, 2.75) is 19.9 Å². The summed E-state index contributed by atoms with van der Waals surface area (Å²) in [7, 11) is 0. The fourth-order valence-electron chi connectivity index (χ4n) is 2.95. The smallest absolute Gasteiger partial charge is 0.253 e. The SMILES string of the molecule is C=CCOc1ccc(C(=O)N2CCN(Cc3csc(CC)n3)CC2)cc1. The third kappa shape index (κ3) is 4.71. The van der Waals surface area contributed by atoms with Crippen molar-refractivity contribution >= 4 is 17.2 Å². The Balaban J connectivity index is 1.50. The van der Waals surface area contributed by atoms with Crippen LogP contribution in [0.5, 0.6) is 5.75 Å². The molecule has 0 bridgehead atoms. The summed E-state index contributed by atoms with van der Waals surface area (Å²) in [6.45, 7) is 10.3. The van der Waals surface area contributed by atoms with Crippen LogP contribution in [0.1, 0.15) is 28.0 Å². The molecule has 1 fully saturated rings. The van der Waals surface area contributed by atoms with Gasteiger partial charge >= 0.3 is 0 Å². The molecule has 2 heterocycles. The molecule has 0 N–H and O–H groups in total. The average Bonchev–Trinajstić information content (AvgIpc) is 3.14. The first-order chi connectivity index (χ1) is 12.7. The highest BCUT2D eigenvalue weighted by Crippen LogP contribution is 2.17. The molecule has 1 amide bonds. The van der Waals surface area contributed by atoms with Crippen molar-refractivity contribution in [3.05, 3.63) is 58.6 Å². The van der Waals surface area contributed by atoms with Crippen molar-refractivity contribution in [3.63, 3.8) is 0 Å². The van der Waals surface area contributed by atoms with Gasteiger partial charge in [0.05, 0.1) is 10.7 Å². The van der Waals surface area contributed by atoms with E-state index in [2.05, 4.69) is 28.8 Å². The zero-order valence-electron chi connectivity index (χ0n) is 15.2. The summed E-state index contributed by atoms with van der Waals surface area (Å²) in [5.74, 6) is 0.836. The van der Waals surface area contributed by atoms with E-state index in [1.165, 1.54) is 5.01 Å². The lowest BCUT2D eigenvalue weighted by Gasteiger charge is -2.34. The van der Waals surface area contributed by atoms with Crippen LogP contribution in [0.15, 0.2) is 42.3 Å². The fourth-order valence-corrected chi connectivity index (χ4v) is 3.69. The number of hydrogen-bond donors (Lipinski definition) is 0. The Bertz CT molecular complexity index is 734. The van der Waals surface area contributed by atoms with Gasteiger partial charge in [0, 0.05) is 43.7 Å². The largest absolute Gasteiger partial charge is 0.490 e. The number of aryl methyl sites for hydroxylation is 1. The van der Waals surface area contributed by atoms with Gasteiger partial charge in [-0.3, -0.25) is 9.69 Å². The van der Waals surface area contributed by atoms with Crippen LogP contribution < -0.4 is 4.74 Å². The van der Waals surface area contributed by atoms with Gasteiger partial charge in [0.1, 0.15) is 12.4 Å². The molecule has 5 nitrogen and oxygen atoms in total. The van der Waals surface area contributed by atoms with Crippen LogP contribution in [0.2, 0.25) is 0 Å². The Morgan fingerprint density at radius 3 is 2.62 bits per heavy atom. The van der Waals surface area contributed by atoms with Gasteiger partial charge in [0.25, 0.3) is 5.91 Å². The molecular formula is C20H25N3O2S. The first-order valence-corrected chi connectivity index (χ1v) is 9.86. The number of piperazine rings is 1. The summed E-state index contributed by atoms with van der Waals surface area (Å²) >= 11 is 1.73. The minimum atomic E-state index is 0.0850. The molecule has 138 valence electrons. The van der Waals surface area contributed by atoms with Gasteiger partial charge < -0.3 is 9.64 Å². The van der Waals surface area contributed by atoms with Crippen LogP contribution in [-0.2, 0) is 13.0 Å². The zero-order valence-corrected chi connectivity index (χ0v) is 16.0. The Morgan fingerprint density at radius 2 is 2.00 bits per heavy atom. The summed E-state index contributed by atoms with van der Waals surface area (Å²) in [4.78, 5) is 21.6. The predicted molar refractivity (Wildman–Crippen MR) is 105 cm³/mol. The van der Waals surface area contributed by atoms with Crippen LogP contribution in [-0.4, -0.2) is 53.5 Å². The maximum absolute atomic E-state index is 12.7. The van der Waals surface area contributed by atoms with Gasteiger partial charge in [-0.2, -0.15) is 0 Å². The van der Waals surface area contributed by atoms with Crippen molar-refractivity contribution in [2.75, 3.05) is 32.8 Å². The first kappa shape index (κ1) is 18.6. The summed E-state index contributed by atoms with van der Waals surface area (Å²) in [5, 5.41) is 3.33. The molecule has 1 aliphatic rings. The molecule has 1 saturated heterocycles. The molecule has 3 rings (SSSR count). The van der Waals surface area contributed by atoms with Gasteiger partial charge in [-0.15, -0.1) is 11.3 Å². The first-order valence-electron chi connectivity index (χ1n) is 8.98. The van der Waals surface area contributed by atoms with Crippen molar-refractivity contribution in [2.24, 2.45) is 0 Å². The van der Waals surface area contributed by atoms with Gasteiger partial charge in [-0.05, 0) is 30.7 Å². The third-order valence-corrected chi connectivity index (χ3v) is 5.46. The van der Waals surface area contributed by atoms with Crippen LogP contribution in [0.25, 0.3) is 0 Å². The summed E-state index contributed by atoms with van der Waals surface area (Å²) in [6.07, 6.45) is 2.69. The Labute approximate surface area is 158 Å². The zero-order chi connectivity index (χ0) is 18.4. The lowest BCUT2D eigenvalue weighted by Crippen LogP contribution is -2.48.